The molecule has 1 heterocycles. The molecule has 0 fully saturated rings. The van der Waals surface area contributed by atoms with Gasteiger partial charge in [0.05, 0.1) is 6.61 Å². The molecule has 0 spiro atoms. The van der Waals surface area contributed by atoms with Gasteiger partial charge in [-0.15, -0.1) is 0 Å². The molecule has 0 radical (unpaired) electrons. The SMILES string of the molecule is CCOC(=O)CNC(=O)CCc1cccnc1. The van der Waals surface area contributed by atoms with Crippen molar-refractivity contribution in [1.82, 2.24) is 10.3 Å². The topological polar surface area (TPSA) is 68.3 Å². The molecule has 1 rings (SSSR count). The van der Waals surface area contributed by atoms with Crippen molar-refractivity contribution < 1.29 is 14.3 Å². The Hall–Kier alpha value is -1.91. The normalized spacial score (nSPS) is 9.71. The summed E-state index contributed by atoms with van der Waals surface area (Å²) in [5, 5.41) is 2.50. The first-order valence-corrected chi connectivity index (χ1v) is 5.53. The molecule has 0 atom stereocenters. The van der Waals surface area contributed by atoms with E-state index in [0.29, 0.717) is 19.4 Å². The predicted octanol–water partition coefficient (Wildman–Crippen LogP) is 0.693. The van der Waals surface area contributed by atoms with E-state index in [4.69, 9.17) is 4.74 Å². The first-order valence-electron chi connectivity index (χ1n) is 5.53. The molecule has 1 aromatic heterocycles. The zero-order chi connectivity index (χ0) is 12.5. The number of ether oxygens (including phenoxy) is 1. The van der Waals surface area contributed by atoms with E-state index in [1.54, 1.807) is 19.3 Å². The summed E-state index contributed by atoms with van der Waals surface area (Å²) in [6.07, 6.45) is 4.36. The lowest BCUT2D eigenvalue weighted by molar-refractivity contribution is -0.143. The van der Waals surface area contributed by atoms with Crippen LogP contribution in [0.3, 0.4) is 0 Å². The summed E-state index contributed by atoms with van der Waals surface area (Å²) in [5.41, 5.74) is 0.999. The predicted molar refractivity (Wildman–Crippen MR) is 62.2 cm³/mol. The lowest BCUT2D eigenvalue weighted by atomic mass is 10.1. The van der Waals surface area contributed by atoms with Crippen LogP contribution in [0.4, 0.5) is 0 Å². The Balaban J connectivity index is 2.20. The molecule has 1 amide bonds. The molecule has 1 aromatic rings. The molecule has 0 bridgehead atoms. The lowest BCUT2D eigenvalue weighted by Crippen LogP contribution is -2.30. The van der Waals surface area contributed by atoms with Crippen molar-refractivity contribution in [3.05, 3.63) is 30.1 Å². The summed E-state index contributed by atoms with van der Waals surface area (Å²) in [6, 6.07) is 3.73. The van der Waals surface area contributed by atoms with Crippen molar-refractivity contribution >= 4 is 11.9 Å². The monoisotopic (exact) mass is 236 g/mol. The first-order chi connectivity index (χ1) is 8.22. The van der Waals surface area contributed by atoms with E-state index in [2.05, 4.69) is 10.3 Å². The van der Waals surface area contributed by atoms with Crippen LogP contribution in [0.2, 0.25) is 0 Å². The third-order valence-electron chi connectivity index (χ3n) is 2.10. The van der Waals surface area contributed by atoms with Gasteiger partial charge in [0.25, 0.3) is 0 Å². The van der Waals surface area contributed by atoms with E-state index in [1.807, 2.05) is 12.1 Å². The van der Waals surface area contributed by atoms with Gasteiger partial charge in [-0.3, -0.25) is 14.6 Å². The van der Waals surface area contributed by atoms with Crippen molar-refractivity contribution in [2.24, 2.45) is 0 Å². The number of nitrogens with zero attached hydrogens (tertiary/aromatic N) is 1. The summed E-state index contributed by atoms with van der Waals surface area (Å²) >= 11 is 0. The Kier molecular flexibility index (Phi) is 5.71. The highest BCUT2D eigenvalue weighted by Gasteiger charge is 2.05. The van der Waals surface area contributed by atoms with Crippen LogP contribution in [0.5, 0.6) is 0 Å². The van der Waals surface area contributed by atoms with E-state index in [-0.39, 0.29) is 12.5 Å². The maximum Gasteiger partial charge on any atom is 0.325 e. The molecule has 0 aliphatic carbocycles. The van der Waals surface area contributed by atoms with Crippen LogP contribution >= 0.6 is 0 Å². The molecule has 0 unspecified atom stereocenters. The van der Waals surface area contributed by atoms with Gasteiger partial charge in [-0.2, -0.15) is 0 Å². The highest BCUT2D eigenvalue weighted by atomic mass is 16.5. The van der Waals surface area contributed by atoms with Gasteiger partial charge in [-0.05, 0) is 25.0 Å². The molecule has 0 saturated carbocycles. The Morgan fingerprint density at radius 3 is 2.94 bits per heavy atom. The van der Waals surface area contributed by atoms with Crippen molar-refractivity contribution in [3.63, 3.8) is 0 Å². The van der Waals surface area contributed by atoms with Gasteiger partial charge >= 0.3 is 5.97 Å². The highest BCUT2D eigenvalue weighted by molar-refractivity contribution is 5.81. The van der Waals surface area contributed by atoms with Crippen molar-refractivity contribution in [2.75, 3.05) is 13.2 Å². The molecule has 17 heavy (non-hydrogen) atoms. The zero-order valence-corrected chi connectivity index (χ0v) is 9.81. The third-order valence-corrected chi connectivity index (χ3v) is 2.10. The van der Waals surface area contributed by atoms with Gasteiger partial charge in [-0.25, -0.2) is 0 Å². The quantitative estimate of drug-likeness (QED) is 0.738. The second-order valence-electron chi connectivity index (χ2n) is 3.44. The molecule has 1 N–H and O–H groups in total. The van der Waals surface area contributed by atoms with E-state index >= 15 is 0 Å². The highest BCUT2D eigenvalue weighted by Crippen LogP contribution is 1.99. The number of aromatic nitrogens is 1. The van der Waals surface area contributed by atoms with Crippen LogP contribution < -0.4 is 5.32 Å². The van der Waals surface area contributed by atoms with Crippen LogP contribution in [-0.2, 0) is 20.7 Å². The summed E-state index contributed by atoms with van der Waals surface area (Å²) in [4.78, 5) is 26.3. The lowest BCUT2D eigenvalue weighted by Gasteiger charge is -2.04. The number of carbonyl (C=O) groups excluding carboxylic acids is 2. The molecule has 0 aliphatic heterocycles. The van der Waals surface area contributed by atoms with Gasteiger partial charge in [-0.1, -0.05) is 6.07 Å². The summed E-state index contributed by atoms with van der Waals surface area (Å²) < 4.78 is 4.69. The molecule has 92 valence electrons. The van der Waals surface area contributed by atoms with Crippen molar-refractivity contribution in [3.8, 4) is 0 Å². The Morgan fingerprint density at radius 1 is 1.47 bits per heavy atom. The number of nitrogens with one attached hydrogen (secondary N) is 1. The molecule has 5 heteroatoms. The molecule has 0 saturated heterocycles. The van der Waals surface area contributed by atoms with Gasteiger partial charge in [0, 0.05) is 18.8 Å². The molecule has 5 nitrogen and oxygen atoms in total. The standard InChI is InChI=1S/C12H16N2O3/c1-2-17-12(16)9-14-11(15)6-5-10-4-3-7-13-8-10/h3-4,7-8H,2,5-6,9H2,1H3,(H,14,15). The number of rotatable bonds is 6. The number of aryl methyl sites for hydroxylation is 1. The van der Waals surface area contributed by atoms with E-state index < -0.39 is 5.97 Å². The van der Waals surface area contributed by atoms with Gasteiger partial charge in [0.2, 0.25) is 5.91 Å². The minimum atomic E-state index is -0.415. The molecular weight excluding hydrogens is 220 g/mol. The van der Waals surface area contributed by atoms with Crippen LogP contribution in [-0.4, -0.2) is 30.0 Å². The zero-order valence-electron chi connectivity index (χ0n) is 9.81. The second-order valence-corrected chi connectivity index (χ2v) is 3.44. The van der Waals surface area contributed by atoms with Crippen LogP contribution in [0.15, 0.2) is 24.5 Å². The fourth-order valence-corrected chi connectivity index (χ4v) is 1.28. The number of carbonyl (C=O) groups is 2. The Bertz CT molecular complexity index is 365. The van der Waals surface area contributed by atoms with E-state index in [9.17, 15) is 9.59 Å². The molecule has 0 aromatic carbocycles. The van der Waals surface area contributed by atoms with Crippen molar-refractivity contribution in [2.45, 2.75) is 19.8 Å². The maximum atomic E-state index is 11.4. The minimum absolute atomic E-state index is 0.0697. The largest absolute Gasteiger partial charge is 0.465 e. The summed E-state index contributed by atoms with van der Waals surface area (Å²) in [7, 11) is 0. The molecule has 0 aliphatic rings. The van der Waals surface area contributed by atoms with Crippen molar-refractivity contribution in [1.29, 1.82) is 0 Å². The van der Waals surface area contributed by atoms with Crippen LogP contribution in [0.1, 0.15) is 18.9 Å². The fraction of sp³-hybridized carbons (Fsp3) is 0.417. The Morgan fingerprint density at radius 2 is 2.29 bits per heavy atom. The molecular formula is C12H16N2O3. The van der Waals surface area contributed by atoms with Gasteiger partial charge in [0.1, 0.15) is 6.54 Å². The van der Waals surface area contributed by atoms with E-state index in [1.165, 1.54) is 0 Å². The van der Waals surface area contributed by atoms with Crippen LogP contribution in [0.25, 0.3) is 0 Å². The minimum Gasteiger partial charge on any atom is -0.465 e. The number of hydrogen-bond donors (Lipinski definition) is 1. The summed E-state index contributed by atoms with van der Waals surface area (Å²) in [6.45, 7) is 1.98. The summed E-state index contributed by atoms with van der Waals surface area (Å²) in [5.74, 6) is -0.580. The second kappa shape index (κ2) is 7.38. The number of amides is 1. The average Bonchev–Trinajstić information content (AvgIpc) is 2.35. The number of pyridine rings is 1. The van der Waals surface area contributed by atoms with Crippen LogP contribution in [0, 0.1) is 0 Å². The number of esters is 1. The van der Waals surface area contributed by atoms with E-state index in [0.717, 1.165) is 5.56 Å². The van der Waals surface area contributed by atoms with Gasteiger partial charge < -0.3 is 10.1 Å². The average molecular weight is 236 g/mol. The maximum absolute atomic E-state index is 11.4. The number of hydrogen-bond acceptors (Lipinski definition) is 4. The van der Waals surface area contributed by atoms with Gasteiger partial charge in [0.15, 0.2) is 0 Å². The first kappa shape index (κ1) is 13.2. The Labute approximate surface area is 100 Å². The third kappa shape index (κ3) is 5.65. The fourth-order valence-electron chi connectivity index (χ4n) is 1.28. The smallest absolute Gasteiger partial charge is 0.325 e.